The first kappa shape index (κ1) is 17.4. The molecule has 0 bridgehead atoms. The molecule has 1 aromatic heterocycles. The van der Waals surface area contributed by atoms with E-state index in [1.165, 1.54) is 29.1 Å². The van der Waals surface area contributed by atoms with E-state index in [0.717, 1.165) is 22.4 Å². The van der Waals surface area contributed by atoms with Crippen molar-refractivity contribution in [2.75, 3.05) is 11.4 Å². The van der Waals surface area contributed by atoms with Gasteiger partial charge in [-0.05, 0) is 43.2 Å². The molecule has 1 aliphatic rings. The van der Waals surface area contributed by atoms with Crippen molar-refractivity contribution in [1.82, 2.24) is 10.3 Å². The number of anilines is 1. The van der Waals surface area contributed by atoms with E-state index in [1.54, 1.807) is 6.07 Å². The van der Waals surface area contributed by atoms with Crippen molar-refractivity contribution in [2.24, 2.45) is 0 Å². The number of H-pyrrole nitrogens is 1. The number of carbonyl (C=O) groups excluding carboxylic acids is 2. The lowest BCUT2D eigenvalue weighted by atomic mass is 10.1. The van der Waals surface area contributed by atoms with Crippen LogP contribution in [0.4, 0.5) is 10.1 Å². The monoisotopic (exact) mass is 365 g/mol. The maximum Gasteiger partial charge on any atom is 0.251 e. The molecule has 27 heavy (non-hydrogen) atoms. The smallest absolute Gasteiger partial charge is 0.251 e. The van der Waals surface area contributed by atoms with Gasteiger partial charge >= 0.3 is 0 Å². The standard InChI is InChI=1S/C21H20FN3O2/c1-13-6-7-17-15(10-13)14(12-24-17)8-9-23-18-11-20(26)25(21(18)27)19-5-3-2-4-16(19)22/h2-7,10,12,18,23-24H,8-9,11H2,1H3/t18-/m0/s1. The number of halogens is 1. The van der Waals surface area contributed by atoms with Crippen molar-refractivity contribution in [3.05, 3.63) is 65.6 Å². The number of aryl methyl sites for hydroxylation is 1. The molecule has 0 saturated carbocycles. The van der Waals surface area contributed by atoms with Crippen molar-refractivity contribution in [3.8, 4) is 0 Å². The number of nitrogens with one attached hydrogen (secondary N) is 2. The summed E-state index contributed by atoms with van der Waals surface area (Å²) in [6.07, 6.45) is 2.74. The average Bonchev–Trinajstić information content (AvgIpc) is 3.16. The van der Waals surface area contributed by atoms with Crippen molar-refractivity contribution in [2.45, 2.75) is 25.8 Å². The molecule has 0 spiro atoms. The number of aromatic nitrogens is 1. The second-order valence-corrected chi connectivity index (χ2v) is 6.84. The molecule has 2 N–H and O–H groups in total. The van der Waals surface area contributed by atoms with Crippen LogP contribution in [0.1, 0.15) is 17.5 Å². The van der Waals surface area contributed by atoms with E-state index in [1.807, 2.05) is 12.3 Å². The van der Waals surface area contributed by atoms with Gasteiger partial charge in [0.05, 0.1) is 18.2 Å². The van der Waals surface area contributed by atoms with Gasteiger partial charge in [0.1, 0.15) is 5.82 Å². The number of amides is 2. The van der Waals surface area contributed by atoms with Crippen LogP contribution in [0, 0.1) is 12.7 Å². The van der Waals surface area contributed by atoms with E-state index in [4.69, 9.17) is 0 Å². The van der Waals surface area contributed by atoms with Gasteiger partial charge in [-0.15, -0.1) is 0 Å². The highest BCUT2D eigenvalue weighted by Crippen LogP contribution is 2.25. The number of imide groups is 1. The second-order valence-electron chi connectivity index (χ2n) is 6.84. The zero-order valence-electron chi connectivity index (χ0n) is 15.0. The van der Waals surface area contributed by atoms with Crippen molar-refractivity contribution in [3.63, 3.8) is 0 Å². The Labute approximate surface area is 156 Å². The Morgan fingerprint density at radius 2 is 2.04 bits per heavy atom. The van der Waals surface area contributed by atoms with Gasteiger partial charge in [-0.2, -0.15) is 0 Å². The fraction of sp³-hybridized carbons (Fsp3) is 0.238. The van der Waals surface area contributed by atoms with Crippen LogP contribution < -0.4 is 10.2 Å². The molecule has 4 rings (SSSR count). The third-order valence-electron chi connectivity index (χ3n) is 4.95. The molecule has 2 amide bonds. The number of carbonyl (C=O) groups is 2. The lowest BCUT2D eigenvalue weighted by Gasteiger charge is -2.16. The number of hydrogen-bond donors (Lipinski definition) is 2. The van der Waals surface area contributed by atoms with E-state index >= 15 is 0 Å². The first-order valence-electron chi connectivity index (χ1n) is 8.96. The Morgan fingerprint density at radius 1 is 1.22 bits per heavy atom. The lowest BCUT2D eigenvalue weighted by Crippen LogP contribution is -2.39. The van der Waals surface area contributed by atoms with Crippen molar-refractivity contribution < 1.29 is 14.0 Å². The summed E-state index contributed by atoms with van der Waals surface area (Å²) in [5.41, 5.74) is 3.44. The minimum absolute atomic E-state index is 0.0175. The molecule has 138 valence electrons. The fourth-order valence-electron chi connectivity index (χ4n) is 3.56. The number of benzene rings is 2. The fourth-order valence-corrected chi connectivity index (χ4v) is 3.56. The summed E-state index contributed by atoms with van der Waals surface area (Å²) in [5.74, 6) is -1.36. The zero-order chi connectivity index (χ0) is 19.0. The summed E-state index contributed by atoms with van der Waals surface area (Å²) in [4.78, 5) is 29.0. The van der Waals surface area contributed by atoms with Gasteiger partial charge in [0, 0.05) is 23.6 Å². The van der Waals surface area contributed by atoms with Crippen LogP contribution in [-0.2, 0) is 16.0 Å². The predicted molar refractivity (Wildman–Crippen MR) is 102 cm³/mol. The van der Waals surface area contributed by atoms with Crippen LogP contribution in [0.15, 0.2) is 48.7 Å². The highest BCUT2D eigenvalue weighted by atomic mass is 19.1. The first-order chi connectivity index (χ1) is 13.0. The highest BCUT2D eigenvalue weighted by Gasteiger charge is 2.40. The molecule has 1 atom stereocenters. The number of nitrogens with zero attached hydrogens (tertiary/aromatic N) is 1. The Kier molecular flexibility index (Phi) is 4.49. The molecular weight excluding hydrogens is 345 g/mol. The number of hydrogen-bond acceptors (Lipinski definition) is 3. The Bertz CT molecular complexity index is 1030. The maximum atomic E-state index is 14.0. The van der Waals surface area contributed by atoms with Gasteiger partial charge in [-0.3, -0.25) is 9.59 Å². The summed E-state index contributed by atoms with van der Waals surface area (Å²) in [5, 5.41) is 4.32. The second kappa shape index (κ2) is 6.96. The van der Waals surface area contributed by atoms with E-state index in [9.17, 15) is 14.0 Å². The first-order valence-corrected chi connectivity index (χ1v) is 8.96. The summed E-state index contributed by atoms with van der Waals surface area (Å²) in [6, 6.07) is 11.4. The molecule has 2 aromatic carbocycles. The van der Waals surface area contributed by atoms with Gasteiger partial charge in [-0.1, -0.05) is 23.8 Å². The van der Waals surface area contributed by atoms with E-state index in [-0.39, 0.29) is 18.0 Å². The topological polar surface area (TPSA) is 65.2 Å². The minimum Gasteiger partial charge on any atom is -0.361 e. The molecule has 5 nitrogen and oxygen atoms in total. The van der Waals surface area contributed by atoms with Crippen LogP contribution >= 0.6 is 0 Å². The largest absolute Gasteiger partial charge is 0.361 e. The molecule has 3 aromatic rings. The predicted octanol–water partition coefficient (Wildman–Crippen LogP) is 3.08. The van der Waals surface area contributed by atoms with E-state index in [0.29, 0.717) is 6.54 Å². The molecule has 1 aliphatic heterocycles. The summed E-state index contributed by atoms with van der Waals surface area (Å²) >= 11 is 0. The highest BCUT2D eigenvalue weighted by molar-refractivity contribution is 6.22. The quantitative estimate of drug-likeness (QED) is 0.683. The normalized spacial score (nSPS) is 17.3. The van der Waals surface area contributed by atoms with Gasteiger partial charge in [0.15, 0.2) is 0 Å². The van der Waals surface area contributed by atoms with Gasteiger partial charge in [0.2, 0.25) is 5.91 Å². The van der Waals surface area contributed by atoms with Crippen molar-refractivity contribution in [1.29, 1.82) is 0 Å². The molecule has 1 saturated heterocycles. The summed E-state index contributed by atoms with van der Waals surface area (Å²) in [6.45, 7) is 2.60. The summed E-state index contributed by atoms with van der Waals surface area (Å²) in [7, 11) is 0. The Morgan fingerprint density at radius 3 is 2.85 bits per heavy atom. The van der Waals surface area contributed by atoms with Crippen LogP contribution in [0.5, 0.6) is 0 Å². The molecule has 0 unspecified atom stereocenters. The Hall–Kier alpha value is -2.99. The van der Waals surface area contributed by atoms with Crippen LogP contribution in [0.25, 0.3) is 10.9 Å². The number of para-hydroxylation sites is 1. The van der Waals surface area contributed by atoms with Crippen LogP contribution in [0.2, 0.25) is 0 Å². The average molecular weight is 365 g/mol. The minimum atomic E-state index is -0.621. The summed E-state index contributed by atoms with van der Waals surface area (Å²) < 4.78 is 14.0. The molecule has 0 aliphatic carbocycles. The van der Waals surface area contributed by atoms with Gasteiger partial charge in [0.25, 0.3) is 5.91 Å². The van der Waals surface area contributed by atoms with Crippen molar-refractivity contribution >= 4 is 28.4 Å². The molecule has 0 radical (unpaired) electrons. The number of aromatic amines is 1. The number of fused-ring (bicyclic) bond motifs is 1. The van der Waals surface area contributed by atoms with Crippen LogP contribution in [-0.4, -0.2) is 29.4 Å². The molecule has 6 heteroatoms. The zero-order valence-corrected chi connectivity index (χ0v) is 15.0. The maximum absolute atomic E-state index is 14.0. The van der Waals surface area contributed by atoms with Gasteiger partial charge < -0.3 is 10.3 Å². The van der Waals surface area contributed by atoms with E-state index < -0.39 is 17.8 Å². The van der Waals surface area contributed by atoms with Gasteiger partial charge in [-0.25, -0.2) is 9.29 Å². The lowest BCUT2D eigenvalue weighted by molar-refractivity contribution is -0.121. The molecule has 1 fully saturated rings. The molecule has 2 heterocycles. The Balaban J connectivity index is 1.43. The van der Waals surface area contributed by atoms with Crippen LogP contribution in [0.3, 0.4) is 0 Å². The third kappa shape index (κ3) is 3.24. The molecular formula is C21H20FN3O2. The third-order valence-corrected chi connectivity index (χ3v) is 4.95. The number of rotatable bonds is 5. The van der Waals surface area contributed by atoms with E-state index in [2.05, 4.69) is 29.4 Å². The SMILES string of the molecule is Cc1ccc2[nH]cc(CCN[C@H]3CC(=O)N(c4ccccc4F)C3=O)c2c1.